The first kappa shape index (κ1) is 12.3. The van der Waals surface area contributed by atoms with Gasteiger partial charge in [-0.05, 0) is 17.9 Å². The van der Waals surface area contributed by atoms with Gasteiger partial charge in [-0.15, -0.1) is 0 Å². The van der Waals surface area contributed by atoms with Crippen LogP contribution in [-0.2, 0) is 14.3 Å². The lowest BCUT2D eigenvalue weighted by Gasteiger charge is -2.03. The molecule has 1 fully saturated rings. The molecule has 0 aromatic heterocycles. The third-order valence-corrected chi connectivity index (χ3v) is 3.11. The number of hydrogen-bond donors (Lipinski definition) is 0. The second-order valence-corrected chi connectivity index (χ2v) is 4.37. The van der Waals surface area contributed by atoms with E-state index in [-0.39, 0.29) is 18.3 Å². The van der Waals surface area contributed by atoms with E-state index in [1.54, 1.807) is 7.11 Å². The Morgan fingerprint density at radius 3 is 2.76 bits per heavy atom. The lowest BCUT2D eigenvalue weighted by molar-refractivity contribution is -0.125. The van der Waals surface area contributed by atoms with Crippen LogP contribution in [0.1, 0.15) is 17.9 Å². The lowest BCUT2D eigenvalue weighted by atomic mass is 10.1. The highest BCUT2D eigenvalue weighted by molar-refractivity contribution is 5.86. The largest absolute Gasteiger partial charge is 0.382 e. The van der Waals surface area contributed by atoms with Crippen LogP contribution in [0.3, 0.4) is 0 Å². The van der Waals surface area contributed by atoms with Crippen LogP contribution in [0, 0.1) is 5.92 Å². The van der Waals surface area contributed by atoms with Crippen molar-refractivity contribution in [3.05, 3.63) is 35.9 Å². The SMILES string of the molecule is COCCOCC(=O)C1CC1c1ccccc1. The molecule has 0 saturated heterocycles. The van der Waals surface area contributed by atoms with E-state index in [1.807, 2.05) is 18.2 Å². The molecule has 2 unspecified atom stereocenters. The Balaban J connectivity index is 1.73. The molecule has 0 heterocycles. The van der Waals surface area contributed by atoms with Crippen molar-refractivity contribution in [1.82, 2.24) is 0 Å². The first-order chi connectivity index (χ1) is 8.33. The second kappa shape index (κ2) is 5.94. The summed E-state index contributed by atoms with van der Waals surface area (Å²) in [6.07, 6.45) is 0.969. The van der Waals surface area contributed by atoms with Crippen LogP contribution in [0.25, 0.3) is 0 Å². The van der Waals surface area contributed by atoms with Gasteiger partial charge in [0.25, 0.3) is 0 Å². The molecule has 17 heavy (non-hydrogen) atoms. The molecule has 3 heteroatoms. The van der Waals surface area contributed by atoms with Gasteiger partial charge in [0.15, 0.2) is 5.78 Å². The molecule has 2 atom stereocenters. The van der Waals surface area contributed by atoms with Crippen LogP contribution in [0.4, 0.5) is 0 Å². The average molecular weight is 234 g/mol. The van der Waals surface area contributed by atoms with Gasteiger partial charge in [-0.3, -0.25) is 4.79 Å². The standard InChI is InChI=1S/C14H18O3/c1-16-7-8-17-10-14(15)13-9-12(13)11-5-3-2-4-6-11/h2-6,12-13H,7-10H2,1H3. The maximum Gasteiger partial charge on any atom is 0.162 e. The Kier molecular flexibility index (Phi) is 4.29. The number of carbonyl (C=O) groups excluding carboxylic acids is 1. The van der Waals surface area contributed by atoms with Crippen LogP contribution in [0.15, 0.2) is 30.3 Å². The monoisotopic (exact) mass is 234 g/mol. The molecular weight excluding hydrogens is 216 g/mol. The van der Waals surface area contributed by atoms with Gasteiger partial charge in [-0.2, -0.15) is 0 Å². The zero-order valence-corrected chi connectivity index (χ0v) is 10.1. The Bertz CT molecular complexity index is 361. The summed E-state index contributed by atoms with van der Waals surface area (Å²) in [6.45, 7) is 1.25. The summed E-state index contributed by atoms with van der Waals surface area (Å²) in [5.41, 5.74) is 1.27. The van der Waals surface area contributed by atoms with E-state index in [0.29, 0.717) is 19.1 Å². The highest BCUT2D eigenvalue weighted by Gasteiger charge is 2.43. The van der Waals surface area contributed by atoms with Gasteiger partial charge in [0, 0.05) is 13.0 Å². The van der Waals surface area contributed by atoms with Crippen molar-refractivity contribution in [2.75, 3.05) is 26.9 Å². The number of Topliss-reactive ketones (excluding diaryl/α,β-unsaturated/α-hetero) is 1. The maximum absolute atomic E-state index is 11.8. The third-order valence-electron chi connectivity index (χ3n) is 3.11. The first-order valence-corrected chi connectivity index (χ1v) is 5.97. The second-order valence-electron chi connectivity index (χ2n) is 4.37. The summed E-state index contributed by atoms with van der Waals surface area (Å²) in [7, 11) is 1.62. The van der Waals surface area contributed by atoms with Gasteiger partial charge >= 0.3 is 0 Å². The molecule has 1 aliphatic carbocycles. The normalized spacial score (nSPS) is 22.4. The number of benzene rings is 1. The summed E-state index contributed by atoms with van der Waals surface area (Å²) in [5, 5.41) is 0. The van der Waals surface area contributed by atoms with Gasteiger partial charge in [0.2, 0.25) is 0 Å². The Labute approximate surface area is 102 Å². The fourth-order valence-corrected chi connectivity index (χ4v) is 2.04. The summed E-state index contributed by atoms with van der Waals surface area (Å²) < 4.78 is 10.1. The van der Waals surface area contributed by atoms with E-state index >= 15 is 0 Å². The van der Waals surface area contributed by atoms with E-state index in [9.17, 15) is 4.79 Å². The van der Waals surface area contributed by atoms with Gasteiger partial charge in [0.05, 0.1) is 13.2 Å². The summed E-state index contributed by atoms with van der Waals surface area (Å²) in [4.78, 5) is 11.8. The minimum atomic E-state index is 0.167. The van der Waals surface area contributed by atoms with Gasteiger partial charge in [-0.25, -0.2) is 0 Å². The van der Waals surface area contributed by atoms with Crippen molar-refractivity contribution in [2.24, 2.45) is 5.92 Å². The molecule has 0 radical (unpaired) electrons. The number of methoxy groups -OCH3 is 1. The molecule has 92 valence electrons. The number of ether oxygens (including phenoxy) is 2. The highest BCUT2D eigenvalue weighted by atomic mass is 16.5. The van der Waals surface area contributed by atoms with Gasteiger partial charge in [-0.1, -0.05) is 30.3 Å². The fraction of sp³-hybridized carbons (Fsp3) is 0.500. The molecule has 1 aliphatic rings. The molecule has 1 saturated carbocycles. The Hall–Kier alpha value is -1.19. The van der Waals surface area contributed by atoms with Crippen molar-refractivity contribution in [3.8, 4) is 0 Å². The number of ketones is 1. The lowest BCUT2D eigenvalue weighted by Crippen LogP contribution is -2.14. The highest BCUT2D eigenvalue weighted by Crippen LogP contribution is 2.47. The van der Waals surface area contributed by atoms with Crippen LogP contribution in [0.2, 0.25) is 0 Å². The van der Waals surface area contributed by atoms with E-state index < -0.39 is 0 Å². The maximum atomic E-state index is 11.8. The number of hydrogen-bond acceptors (Lipinski definition) is 3. The molecule has 0 aliphatic heterocycles. The predicted molar refractivity (Wildman–Crippen MR) is 65.0 cm³/mol. The van der Waals surface area contributed by atoms with E-state index in [4.69, 9.17) is 9.47 Å². The predicted octanol–water partition coefficient (Wildman–Crippen LogP) is 2.02. The molecule has 3 nitrogen and oxygen atoms in total. The Morgan fingerprint density at radius 2 is 2.06 bits per heavy atom. The van der Waals surface area contributed by atoms with Crippen molar-refractivity contribution >= 4 is 5.78 Å². The van der Waals surface area contributed by atoms with Crippen molar-refractivity contribution in [3.63, 3.8) is 0 Å². The van der Waals surface area contributed by atoms with E-state index in [2.05, 4.69) is 12.1 Å². The molecule has 2 rings (SSSR count). The molecule has 0 amide bonds. The van der Waals surface area contributed by atoms with Gasteiger partial charge < -0.3 is 9.47 Å². The number of carbonyl (C=O) groups is 1. The Morgan fingerprint density at radius 1 is 1.29 bits per heavy atom. The van der Waals surface area contributed by atoms with Crippen molar-refractivity contribution in [2.45, 2.75) is 12.3 Å². The third kappa shape index (κ3) is 3.38. The summed E-state index contributed by atoms with van der Waals surface area (Å²) >= 11 is 0. The van der Waals surface area contributed by atoms with Crippen LogP contribution in [-0.4, -0.2) is 32.7 Å². The van der Waals surface area contributed by atoms with Crippen molar-refractivity contribution < 1.29 is 14.3 Å². The van der Waals surface area contributed by atoms with Gasteiger partial charge in [0.1, 0.15) is 6.61 Å². The van der Waals surface area contributed by atoms with Crippen LogP contribution in [0.5, 0.6) is 0 Å². The van der Waals surface area contributed by atoms with Crippen molar-refractivity contribution in [1.29, 1.82) is 0 Å². The molecular formula is C14H18O3. The smallest absolute Gasteiger partial charge is 0.162 e. The molecule has 0 N–H and O–H groups in total. The van der Waals surface area contributed by atoms with E-state index in [1.165, 1.54) is 5.56 Å². The summed E-state index contributed by atoms with van der Waals surface area (Å²) in [6, 6.07) is 10.2. The zero-order valence-electron chi connectivity index (χ0n) is 10.1. The summed E-state index contributed by atoms with van der Waals surface area (Å²) in [5.74, 6) is 0.796. The molecule has 0 bridgehead atoms. The minimum absolute atomic E-state index is 0.167. The van der Waals surface area contributed by atoms with Crippen LogP contribution < -0.4 is 0 Å². The quantitative estimate of drug-likeness (QED) is 0.677. The topological polar surface area (TPSA) is 35.5 Å². The van der Waals surface area contributed by atoms with Crippen LogP contribution >= 0.6 is 0 Å². The molecule has 1 aromatic rings. The fourth-order valence-electron chi connectivity index (χ4n) is 2.04. The first-order valence-electron chi connectivity index (χ1n) is 5.97. The minimum Gasteiger partial charge on any atom is -0.382 e. The molecule has 1 aromatic carbocycles. The van der Waals surface area contributed by atoms with E-state index in [0.717, 1.165) is 6.42 Å². The number of rotatable bonds is 7. The average Bonchev–Trinajstić information content (AvgIpc) is 3.16. The molecule has 0 spiro atoms. The zero-order chi connectivity index (χ0) is 12.1.